The standard InChI is InChI=1S/C7H6F3N3/c8-7(9,10)6-3-5-4-11-1-2-13(5)12-6/h3-4H,1-2H2. The lowest BCUT2D eigenvalue weighted by molar-refractivity contribution is -0.141. The molecule has 2 rings (SSSR count). The Kier molecular flexibility index (Phi) is 1.64. The van der Waals surface area contributed by atoms with Crippen molar-refractivity contribution in [3.63, 3.8) is 0 Å². The fourth-order valence-corrected chi connectivity index (χ4v) is 1.16. The van der Waals surface area contributed by atoms with E-state index in [-0.39, 0.29) is 0 Å². The second-order valence-corrected chi connectivity index (χ2v) is 2.71. The molecule has 0 fully saturated rings. The van der Waals surface area contributed by atoms with Gasteiger partial charge in [-0.3, -0.25) is 9.67 Å². The van der Waals surface area contributed by atoms with Crippen LogP contribution in [0.1, 0.15) is 11.4 Å². The fraction of sp³-hybridized carbons (Fsp3) is 0.429. The number of rotatable bonds is 0. The highest BCUT2D eigenvalue weighted by molar-refractivity contribution is 5.78. The molecule has 0 bridgehead atoms. The summed E-state index contributed by atoms with van der Waals surface area (Å²) >= 11 is 0. The van der Waals surface area contributed by atoms with Gasteiger partial charge < -0.3 is 0 Å². The summed E-state index contributed by atoms with van der Waals surface area (Å²) in [4.78, 5) is 3.86. The first-order chi connectivity index (χ1) is 6.07. The quantitative estimate of drug-likeness (QED) is 0.605. The third kappa shape index (κ3) is 1.43. The molecule has 0 saturated carbocycles. The maximum absolute atomic E-state index is 12.2. The summed E-state index contributed by atoms with van der Waals surface area (Å²) in [7, 11) is 0. The number of fused-ring (bicyclic) bond motifs is 1. The van der Waals surface area contributed by atoms with Crippen LogP contribution in [-0.2, 0) is 12.7 Å². The Bertz CT molecular complexity index is 350. The molecule has 0 saturated heterocycles. The molecule has 2 heterocycles. The fourth-order valence-electron chi connectivity index (χ4n) is 1.16. The highest BCUT2D eigenvalue weighted by Gasteiger charge is 2.34. The molecule has 3 nitrogen and oxygen atoms in total. The van der Waals surface area contributed by atoms with E-state index in [0.717, 1.165) is 6.07 Å². The van der Waals surface area contributed by atoms with E-state index in [1.165, 1.54) is 10.9 Å². The van der Waals surface area contributed by atoms with Gasteiger partial charge in [-0.25, -0.2) is 0 Å². The average molecular weight is 189 g/mol. The molecule has 6 heteroatoms. The summed E-state index contributed by atoms with van der Waals surface area (Å²) in [6, 6.07) is 1.00. The van der Waals surface area contributed by atoms with Crippen molar-refractivity contribution in [2.24, 2.45) is 4.99 Å². The van der Waals surface area contributed by atoms with E-state index in [9.17, 15) is 13.2 Å². The summed E-state index contributed by atoms with van der Waals surface area (Å²) in [5.41, 5.74) is -0.436. The molecule has 1 aliphatic heterocycles. The molecule has 0 aromatic carbocycles. The van der Waals surface area contributed by atoms with Crippen molar-refractivity contribution in [3.05, 3.63) is 17.5 Å². The molecule has 0 spiro atoms. The molecule has 1 aromatic rings. The zero-order valence-electron chi connectivity index (χ0n) is 6.54. The van der Waals surface area contributed by atoms with Crippen LogP contribution in [0.5, 0.6) is 0 Å². The van der Waals surface area contributed by atoms with Gasteiger partial charge in [0.25, 0.3) is 0 Å². The first-order valence-corrected chi connectivity index (χ1v) is 3.72. The van der Waals surface area contributed by atoms with Gasteiger partial charge in [0.1, 0.15) is 0 Å². The van der Waals surface area contributed by atoms with Crippen molar-refractivity contribution >= 4 is 6.21 Å². The summed E-state index contributed by atoms with van der Waals surface area (Å²) in [6.45, 7) is 0.911. The summed E-state index contributed by atoms with van der Waals surface area (Å²) in [5.74, 6) is 0. The van der Waals surface area contributed by atoms with Gasteiger partial charge in [-0.2, -0.15) is 18.3 Å². The minimum Gasteiger partial charge on any atom is -0.289 e. The SMILES string of the molecule is FC(F)(F)c1cc2n(n1)CCN=C2. The van der Waals surface area contributed by atoms with Crippen LogP contribution in [-0.4, -0.2) is 22.5 Å². The summed E-state index contributed by atoms with van der Waals surface area (Å²) in [6.07, 6.45) is -2.95. The Morgan fingerprint density at radius 2 is 2.15 bits per heavy atom. The molecule has 1 aliphatic rings. The van der Waals surface area contributed by atoms with Gasteiger partial charge in [0, 0.05) is 6.21 Å². The Balaban J connectivity index is 2.42. The Labute approximate surface area is 71.9 Å². The zero-order valence-corrected chi connectivity index (χ0v) is 6.54. The van der Waals surface area contributed by atoms with Crippen LogP contribution in [0.4, 0.5) is 13.2 Å². The van der Waals surface area contributed by atoms with E-state index < -0.39 is 11.9 Å². The van der Waals surface area contributed by atoms with Gasteiger partial charge in [-0.05, 0) is 6.07 Å². The summed E-state index contributed by atoms with van der Waals surface area (Å²) in [5, 5.41) is 3.42. The maximum Gasteiger partial charge on any atom is 0.435 e. The van der Waals surface area contributed by atoms with Crippen LogP contribution in [0, 0.1) is 0 Å². The number of aliphatic imine (C=N–C) groups is 1. The molecular weight excluding hydrogens is 183 g/mol. The van der Waals surface area contributed by atoms with E-state index >= 15 is 0 Å². The molecular formula is C7H6F3N3. The molecule has 1 aromatic heterocycles. The smallest absolute Gasteiger partial charge is 0.289 e. The van der Waals surface area contributed by atoms with Gasteiger partial charge in [0.05, 0.1) is 18.8 Å². The van der Waals surface area contributed by atoms with Crippen molar-refractivity contribution in [2.45, 2.75) is 12.7 Å². The van der Waals surface area contributed by atoms with E-state index in [2.05, 4.69) is 10.1 Å². The van der Waals surface area contributed by atoms with Crippen LogP contribution in [0.3, 0.4) is 0 Å². The Hall–Kier alpha value is -1.33. The van der Waals surface area contributed by atoms with Gasteiger partial charge in [0.2, 0.25) is 0 Å². The lowest BCUT2D eigenvalue weighted by Crippen LogP contribution is -2.13. The highest BCUT2D eigenvalue weighted by atomic mass is 19.4. The van der Waals surface area contributed by atoms with E-state index in [1.807, 2.05) is 0 Å². The Morgan fingerprint density at radius 1 is 1.38 bits per heavy atom. The van der Waals surface area contributed by atoms with Crippen molar-refractivity contribution < 1.29 is 13.2 Å². The van der Waals surface area contributed by atoms with Gasteiger partial charge in [-0.15, -0.1) is 0 Å². The molecule has 13 heavy (non-hydrogen) atoms. The first kappa shape index (κ1) is 8.28. The lowest BCUT2D eigenvalue weighted by atomic mass is 10.3. The lowest BCUT2D eigenvalue weighted by Gasteiger charge is -2.05. The third-order valence-corrected chi connectivity index (χ3v) is 1.77. The van der Waals surface area contributed by atoms with Crippen molar-refractivity contribution in [2.75, 3.05) is 6.54 Å². The second-order valence-electron chi connectivity index (χ2n) is 2.71. The molecule has 70 valence electrons. The van der Waals surface area contributed by atoms with Crippen LogP contribution < -0.4 is 0 Å². The van der Waals surface area contributed by atoms with E-state index in [0.29, 0.717) is 18.8 Å². The van der Waals surface area contributed by atoms with Gasteiger partial charge in [0.15, 0.2) is 5.69 Å². The number of nitrogens with zero attached hydrogens (tertiary/aromatic N) is 3. The van der Waals surface area contributed by atoms with Crippen LogP contribution in [0.2, 0.25) is 0 Å². The van der Waals surface area contributed by atoms with Gasteiger partial charge >= 0.3 is 6.18 Å². The monoisotopic (exact) mass is 189 g/mol. The normalized spacial score (nSPS) is 15.9. The zero-order chi connectivity index (χ0) is 9.47. The summed E-state index contributed by atoms with van der Waals surface area (Å²) < 4.78 is 37.8. The van der Waals surface area contributed by atoms with Crippen LogP contribution >= 0.6 is 0 Å². The van der Waals surface area contributed by atoms with Crippen LogP contribution in [0.15, 0.2) is 11.1 Å². The molecule has 0 unspecified atom stereocenters. The van der Waals surface area contributed by atoms with Crippen molar-refractivity contribution in [1.82, 2.24) is 9.78 Å². The number of hydrogen-bond donors (Lipinski definition) is 0. The maximum atomic E-state index is 12.2. The predicted molar refractivity (Wildman–Crippen MR) is 39.7 cm³/mol. The number of halogens is 3. The largest absolute Gasteiger partial charge is 0.435 e. The highest BCUT2D eigenvalue weighted by Crippen LogP contribution is 2.28. The third-order valence-electron chi connectivity index (χ3n) is 1.77. The predicted octanol–water partition coefficient (Wildman–Crippen LogP) is 1.33. The minimum atomic E-state index is -4.36. The average Bonchev–Trinajstić information content (AvgIpc) is 2.45. The second kappa shape index (κ2) is 2.58. The first-order valence-electron chi connectivity index (χ1n) is 3.72. The topological polar surface area (TPSA) is 30.2 Å². The van der Waals surface area contributed by atoms with Crippen LogP contribution in [0.25, 0.3) is 0 Å². The number of alkyl halides is 3. The molecule has 0 aliphatic carbocycles. The minimum absolute atomic E-state index is 0.415. The van der Waals surface area contributed by atoms with Crippen molar-refractivity contribution in [3.8, 4) is 0 Å². The molecule has 0 radical (unpaired) electrons. The molecule has 0 N–H and O–H groups in total. The Morgan fingerprint density at radius 3 is 2.77 bits per heavy atom. The van der Waals surface area contributed by atoms with Gasteiger partial charge in [-0.1, -0.05) is 0 Å². The number of aromatic nitrogens is 2. The molecule has 0 amide bonds. The molecule has 0 atom stereocenters. The number of hydrogen-bond acceptors (Lipinski definition) is 2. The van der Waals surface area contributed by atoms with E-state index in [4.69, 9.17) is 0 Å². The van der Waals surface area contributed by atoms with Crippen molar-refractivity contribution in [1.29, 1.82) is 0 Å². The van der Waals surface area contributed by atoms with E-state index in [1.54, 1.807) is 0 Å².